The van der Waals surface area contributed by atoms with E-state index in [1.54, 1.807) is 0 Å². The van der Waals surface area contributed by atoms with Crippen LogP contribution in [0.15, 0.2) is 0 Å². The first-order valence-corrected chi connectivity index (χ1v) is 6.11. The second-order valence-electron chi connectivity index (χ2n) is 4.10. The molecular weight excluding hydrogens is 208 g/mol. The van der Waals surface area contributed by atoms with Crippen LogP contribution in [0.2, 0.25) is 0 Å². The van der Waals surface area contributed by atoms with Crippen LogP contribution < -0.4 is 0 Å². The summed E-state index contributed by atoms with van der Waals surface area (Å²) in [4.78, 5) is 4.68. The Morgan fingerprint density at radius 1 is 0.812 bits per heavy atom. The molecule has 0 unspecified atom stereocenters. The van der Waals surface area contributed by atoms with Gasteiger partial charge in [0.15, 0.2) is 0 Å². The summed E-state index contributed by atoms with van der Waals surface area (Å²) in [6.07, 6.45) is 1.15. The zero-order chi connectivity index (χ0) is 11.6. The van der Waals surface area contributed by atoms with E-state index in [0.717, 1.165) is 45.7 Å². The van der Waals surface area contributed by atoms with E-state index in [2.05, 4.69) is 9.80 Å². The van der Waals surface area contributed by atoms with Gasteiger partial charge in [-0.25, -0.2) is 0 Å². The molecule has 1 rings (SSSR count). The summed E-state index contributed by atoms with van der Waals surface area (Å²) in [7, 11) is 0. The zero-order valence-corrected chi connectivity index (χ0v) is 9.98. The lowest BCUT2D eigenvalue weighted by Gasteiger charge is -2.20. The van der Waals surface area contributed by atoms with E-state index in [-0.39, 0.29) is 13.2 Å². The number of β-amino-alcohol motifs (C(OH)–C–C–N with tert-alkyl or cyclic N) is 1. The second-order valence-corrected chi connectivity index (χ2v) is 4.10. The molecule has 1 fully saturated rings. The molecule has 16 heavy (non-hydrogen) atoms. The average Bonchev–Trinajstić information content (AvgIpc) is 2.51. The van der Waals surface area contributed by atoms with E-state index < -0.39 is 0 Å². The monoisotopic (exact) mass is 232 g/mol. The fourth-order valence-electron chi connectivity index (χ4n) is 1.97. The Labute approximate surface area is 97.6 Å². The molecule has 0 atom stereocenters. The lowest BCUT2D eigenvalue weighted by Crippen LogP contribution is -2.34. The highest BCUT2D eigenvalue weighted by atomic mass is 16.5. The van der Waals surface area contributed by atoms with Crippen LogP contribution in [0, 0.1) is 0 Å². The SMILES string of the molecule is OCCOCCN1CCCN(CCO)CC1. The van der Waals surface area contributed by atoms with Gasteiger partial charge in [0.1, 0.15) is 0 Å². The van der Waals surface area contributed by atoms with Crippen molar-refractivity contribution in [1.29, 1.82) is 0 Å². The number of hydrogen-bond acceptors (Lipinski definition) is 5. The Morgan fingerprint density at radius 2 is 1.50 bits per heavy atom. The number of aliphatic hydroxyl groups is 2. The molecule has 5 heteroatoms. The van der Waals surface area contributed by atoms with Crippen LogP contribution in [0.3, 0.4) is 0 Å². The quantitative estimate of drug-likeness (QED) is 0.551. The Morgan fingerprint density at radius 3 is 2.12 bits per heavy atom. The third-order valence-electron chi connectivity index (χ3n) is 2.88. The van der Waals surface area contributed by atoms with Gasteiger partial charge in [0.05, 0.1) is 26.4 Å². The first-order chi connectivity index (χ1) is 7.86. The molecule has 0 spiro atoms. The molecule has 5 nitrogen and oxygen atoms in total. The number of nitrogens with zero attached hydrogens (tertiary/aromatic N) is 2. The number of ether oxygens (including phenoxy) is 1. The zero-order valence-electron chi connectivity index (χ0n) is 9.98. The fraction of sp³-hybridized carbons (Fsp3) is 1.00. The highest BCUT2D eigenvalue weighted by Crippen LogP contribution is 2.02. The largest absolute Gasteiger partial charge is 0.395 e. The molecule has 1 saturated heterocycles. The van der Waals surface area contributed by atoms with Crippen molar-refractivity contribution in [2.24, 2.45) is 0 Å². The number of hydrogen-bond donors (Lipinski definition) is 2. The third-order valence-corrected chi connectivity index (χ3v) is 2.88. The Balaban J connectivity index is 2.10. The molecule has 1 aliphatic heterocycles. The van der Waals surface area contributed by atoms with Crippen molar-refractivity contribution in [2.45, 2.75) is 6.42 Å². The van der Waals surface area contributed by atoms with E-state index in [1.165, 1.54) is 0 Å². The van der Waals surface area contributed by atoms with Crippen molar-refractivity contribution in [3.63, 3.8) is 0 Å². The number of aliphatic hydroxyl groups excluding tert-OH is 2. The summed E-state index contributed by atoms with van der Waals surface area (Å²) in [5.74, 6) is 0. The van der Waals surface area contributed by atoms with Gasteiger partial charge in [-0.3, -0.25) is 9.80 Å². The summed E-state index contributed by atoms with van der Waals surface area (Å²) in [6.45, 7) is 7.46. The minimum atomic E-state index is 0.101. The van der Waals surface area contributed by atoms with Crippen molar-refractivity contribution >= 4 is 0 Å². The van der Waals surface area contributed by atoms with Crippen LogP contribution in [0.4, 0.5) is 0 Å². The van der Waals surface area contributed by atoms with Crippen molar-refractivity contribution < 1.29 is 14.9 Å². The number of rotatable bonds is 7. The highest BCUT2D eigenvalue weighted by Gasteiger charge is 2.13. The maximum atomic E-state index is 8.88. The maximum absolute atomic E-state index is 8.88. The van der Waals surface area contributed by atoms with Crippen molar-refractivity contribution in [3.8, 4) is 0 Å². The van der Waals surface area contributed by atoms with Crippen LogP contribution in [0.25, 0.3) is 0 Å². The Hall–Kier alpha value is -0.200. The summed E-state index contributed by atoms with van der Waals surface area (Å²) in [5, 5.41) is 17.5. The van der Waals surface area contributed by atoms with Gasteiger partial charge in [-0.1, -0.05) is 0 Å². The Bertz CT molecular complexity index is 169. The lowest BCUT2D eigenvalue weighted by molar-refractivity contribution is 0.0742. The van der Waals surface area contributed by atoms with Crippen LogP contribution in [-0.2, 0) is 4.74 Å². The maximum Gasteiger partial charge on any atom is 0.0698 e. The van der Waals surface area contributed by atoms with E-state index in [9.17, 15) is 0 Å². The molecule has 0 bridgehead atoms. The smallest absolute Gasteiger partial charge is 0.0698 e. The first kappa shape index (κ1) is 13.9. The van der Waals surface area contributed by atoms with E-state index in [0.29, 0.717) is 13.2 Å². The van der Waals surface area contributed by atoms with Crippen LogP contribution in [0.1, 0.15) is 6.42 Å². The summed E-state index contributed by atoms with van der Waals surface area (Å²) in [5.41, 5.74) is 0. The lowest BCUT2D eigenvalue weighted by atomic mass is 10.4. The van der Waals surface area contributed by atoms with Gasteiger partial charge in [-0.2, -0.15) is 0 Å². The van der Waals surface area contributed by atoms with Gasteiger partial charge < -0.3 is 14.9 Å². The van der Waals surface area contributed by atoms with Gasteiger partial charge in [-0.05, 0) is 19.5 Å². The minimum Gasteiger partial charge on any atom is -0.395 e. The molecular formula is C11H24N2O3. The molecule has 0 aromatic heterocycles. The molecule has 1 aliphatic rings. The van der Waals surface area contributed by atoms with E-state index >= 15 is 0 Å². The molecule has 2 N–H and O–H groups in total. The van der Waals surface area contributed by atoms with Crippen LogP contribution >= 0.6 is 0 Å². The fourth-order valence-corrected chi connectivity index (χ4v) is 1.97. The summed E-state index contributed by atoms with van der Waals surface area (Å²) < 4.78 is 5.26. The first-order valence-electron chi connectivity index (χ1n) is 6.11. The molecule has 0 amide bonds. The van der Waals surface area contributed by atoms with Gasteiger partial charge in [0.25, 0.3) is 0 Å². The van der Waals surface area contributed by atoms with Crippen LogP contribution in [0.5, 0.6) is 0 Å². The normalized spacial score (nSPS) is 19.9. The molecule has 0 aliphatic carbocycles. The van der Waals surface area contributed by atoms with Gasteiger partial charge in [0, 0.05) is 26.2 Å². The third kappa shape index (κ3) is 5.77. The standard InChI is InChI=1S/C11H24N2O3/c14-8-6-12-2-1-3-13(5-4-12)7-10-16-11-9-15/h14-15H,1-11H2. The molecule has 0 radical (unpaired) electrons. The van der Waals surface area contributed by atoms with Gasteiger partial charge in [0.2, 0.25) is 0 Å². The Kier molecular flexibility index (Phi) is 7.71. The average molecular weight is 232 g/mol. The molecule has 96 valence electrons. The molecule has 0 aromatic carbocycles. The van der Waals surface area contributed by atoms with Crippen molar-refractivity contribution in [1.82, 2.24) is 9.80 Å². The predicted molar refractivity (Wildman–Crippen MR) is 62.5 cm³/mol. The molecule has 1 heterocycles. The van der Waals surface area contributed by atoms with E-state index in [1.807, 2.05) is 0 Å². The van der Waals surface area contributed by atoms with Crippen LogP contribution in [-0.4, -0.2) is 85.7 Å². The molecule has 0 aromatic rings. The van der Waals surface area contributed by atoms with Gasteiger partial charge in [-0.15, -0.1) is 0 Å². The molecule has 0 saturated carbocycles. The summed E-state index contributed by atoms with van der Waals surface area (Å²) in [6, 6.07) is 0. The predicted octanol–water partition coefficient (Wildman–Crippen LogP) is -1.00. The minimum absolute atomic E-state index is 0.101. The topological polar surface area (TPSA) is 56.2 Å². The summed E-state index contributed by atoms with van der Waals surface area (Å²) >= 11 is 0. The highest BCUT2D eigenvalue weighted by molar-refractivity contribution is 4.69. The second kappa shape index (κ2) is 8.90. The van der Waals surface area contributed by atoms with Crippen molar-refractivity contribution in [3.05, 3.63) is 0 Å². The van der Waals surface area contributed by atoms with E-state index in [4.69, 9.17) is 14.9 Å². The van der Waals surface area contributed by atoms with Crippen molar-refractivity contribution in [2.75, 3.05) is 65.7 Å². The van der Waals surface area contributed by atoms with Gasteiger partial charge >= 0.3 is 0 Å².